The average Bonchev–Trinajstić information content (AvgIpc) is 3.37. The number of carbonyl (C=O) groups is 2. The van der Waals surface area contributed by atoms with Crippen molar-refractivity contribution in [3.8, 4) is 16.9 Å². The van der Waals surface area contributed by atoms with Gasteiger partial charge < -0.3 is 24.5 Å². The predicted molar refractivity (Wildman–Crippen MR) is 162 cm³/mol. The summed E-state index contributed by atoms with van der Waals surface area (Å²) < 4.78 is 11.8. The minimum absolute atomic E-state index is 0.180. The van der Waals surface area contributed by atoms with E-state index in [1.165, 1.54) is 0 Å². The summed E-state index contributed by atoms with van der Waals surface area (Å²) in [5.41, 5.74) is 4.41. The van der Waals surface area contributed by atoms with Gasteiger partial charge in [0, 0.05) is 24.0 Å². The molecule has 0 aliphatic carbocycles. The van der Waals surface area contributed by atoms with Gasteiger partial charge in [0.25, 0.3) is 5.91 Å². The Hall–Kier alpha value is -5.11. The molecule has 1 fully saturated rings. The molecule has 0 radical (unpaired) electrons. The van der Waals surface area contributed by atoms with E-state index in [0.717, 1.165) is 53.8 Å². The Morgan fingerprint density at radius 3 is 2.48 bits per heavy atom. The van der Waals surface area contributed by atoms with Crippen molar-refractivity contribution in [3.63, 3.8) is 0 Å². The number of ether oxygens (including phenoxy) is 1. The summed E-state index contributed by atoms with van der Waals surface area (Å²) in [5, 5.41) is 13.2. The molecule has 5 aromatic rings. The minimum Gasteiger partial charge on any atom is -0.492 e. The van der Waals surface area contributed by atoms with Crippen LogP contribution in [0, 0.1) is 12.8 Å². The Bertz CT molecular complexity index is 1720. The lowest BCUT2D eigenvalue weighted by Crippen LogP contribution is -2.36. The quantitative estimate of drug-likeness (QED) is 0.209. The van der Waals surface area contributed by atoms with Gasteiger partial charge in [0.1, 0.15) is 22.7 Å². The maximum Gasteiger partial charge on any atom is 0.339 e. The number of pyridine rings is 1. The lowest BCUT2D eigenvalue weighted by molar-refractivity contribution is 0.0690. The third kappa shape index (κ3) is 5.69. The highest BCUT2D eigenvalue weighted by molar-refractivity contribution is 6.06. The van der Waals surface area contributed by atoms with E-state index >= 15 is 0 Å². The number of carboxylic acids is 1. The van der Waals surface area contributed by atoms with Crippen molar-refractivity contribution < 1.29 is 23.8 Å². The Morgan fingerprint density at radius 1 is 0.976 bits per heavy atom. The van der Waals surface area contributed by atoms with Crippen molar-refractivity contribution in [2.45, 2.75) is 19.8 Å². The fourth-order valence-electron chi connectivity index (χ4n) is 5.39. The number of carboxylic acid groups (broad SMARTS) is 1. The van der Waals surface area contributed by atoms with Gasteiger partial charge in [0.15, 0.2) is 5.76 Å². The van der Waals surface area contributed by atoms with E-state index in [1.807, 2.05) is 49.4 Å². The molecule has 8 heteroatoms. The molecule has 0 bridgehead atoms. The lowest BCUT2D eigenvalue weighted by Gasteiger charge is -2.32. The number of benzene rings is 3. The molecule has 8 nitrogen and oxygen atoms in total. The molecule has 2 N–H and O–H groups in total. The Morgan fingerprint density at radius 2 is 1.74 bits per heavy atom. The summed E-state index contributed by atoms with van der Waals surface area (Å²) in [5.74, 6) is 0.562. The molecule has 0 unspecified atom stereocenters. The molecule has 42 heavy (non-hydrogen) atoms. The fourth-order valence-corrected chi connectivity index (χ4v) is 5.39. The van der Waals surface area contributed by atoms with E-state index < -0.39 is 5.97 Å². The van der Waals surface area contributed by atoms with E-state index in [0.29, 0.717) is 29.5 Å². The monoisotopic (exact) mass is 561 g/mol. The second-order valence-corrected chi connectivity index (χ2v) is 10.5. The molecule has 212 valence electrons. The first-order chi connectivity index (χ1) is 20.5. The maximum absolute atomic E-state index is 13.1. The molecule has 3 aromatic carbocycles. The van der Waals surface area contributed by atoms with Gasteiger partial charge in [-0.2, -0.15) is 0 Å². The van der Waals surface area contributed by atoms with Gasteiger partial charge >= 0.3 is 5.97 Å². The smallest absolute Gasteiger partial charge is 0.339 e. The van der Waals surface area contributed by atoms with Crippen molar-refractivity contribution >= 4 is 34.4 Å². The van der Waals surface area contributed by atoms with Crippen LogP contribution in [-0.4, -0.2) is 41.7 Å². The van der Waals surface area contributed by atoms with Gasteiger partial charge in [-0.15, -0.1) is 0 Å². The first-order valence-corrected chi connectivity index (χ1v) is 14.0. The second kappa shape index (κ2) is 11.8. The standard InChI is InChI=1S/C34H31N3O5/c1-22-28-19-25(24-7-3-2-4-8-24)11-13-30(28)42-32(22)33(38)36-26-12-14-31(35-20-26)37-17-15-23(16-18-37)21-41-29-10-6-5-9-27(29)34(39)40/h2-14,19-20,23H,15-18,21H2,1H3,(H,36,38)(H,39,40). The third-order valence-corrected chi connectivity index (χ3v) is 7.79. The van der Waals surface area contributed by atoms with Crippen LogP contribution >= 0.6 is 0 Å². The zero-order chi connectivity index (χ0) is 29.1. The number of rotatable bonds is 8. The lowest BCUT2D eigenvalue weighted by atomic mass is 9.98. The third-order valence-electron chi connectivity index (χ3n) is 7.79. The van der Waals surface area contributed by atoms with E-state index in [2.05, 4.69) is 33.4 Å². The number of aryl methyl sites for hydroxylation is 1. The van der Waals surface area contributed by atoms with Gasteiger partial charge in [-0.1, -0.05) is 48.5 Å². The highest BCUT2D eigenvalue weighted by Crippen LogP contribution is 2.31. The van der Waals surface area contributed by atoms with E-state index in [4.69, 9.17) is 9.15 Å². The number of carbonyl (C=O) groups excluding carboxylic acids is 1. The summed E-state index contributed by atoms with van der Waals surface area (Å²) >= 11 is 0. The molecule has 1 aliphatic rings. The number of para-hydroxylation sites is 1. The van der Waals surface area contributed by atoms with Gasteiger partial charge in [-0.05, 0) is 73.2 Å². The number of fused-ring (bicyclic) bond motifs is 1. The van der Waals surface area contributed by atoms with E-state index in [9.17, 15) is 14.7 Å². The highest BCUT2D eigenvalue weighted by atomic mass is 16.5. The molecule has 3 heterocycles. The normalized spacial score (nSPS) is 13.7. The fraction of sp³-hybridized carbons (Fsp3) is 0.206. The summed E-state index contributed by atoms with van der Waals surface area (Å²) in [6.07, 6.45) is 3.48. The Balaban J connectivity index is 1.05. The van der Waals surface area contributed by atoms with Gasteiger partial charge in [-0.3, -0.25) is 4.79 Å². The number of aromatic carboxylic acids is 1. The topological polar surface area (TPSA) is 105 Å². The maximum atomic E-state index is 13.1. The number of hydrogen-bond acceptors (Lipinski definition) is 6. The minimum atomic E-state index is -0.990. The van der Waals surface area contributed by atoms with E-state index in [1.54, 1.807) is 30.5 Å². The van der Waals surface area contributed by atoms with Crippen LogP contribution in [0.5, 0.6) is 5.75 Å². The molecule has 1 aliphatic heterocycles. The number of furan rings is 1. The van der Waals surface area contributed by atoms with Gasteiger partial charge in [0.05, 0.1) is 18.5 Å². The molecule has 6 rings (SSSR count). The highest BCUT2D eigenvalue weighted by Gasteiger charge is 2.22. The molecule has 0 atom stereocenters. The van der Waals surface area contributed by atoms with Crippen molar-refractivity contribution in [1.29, 1.82) is 0 Å². The van der Waals surface area contributed by atoms with Crippen LogP contribution in [-0.2, 0) is 0 Å². The molecule has 1 amide bonds. The van der Waals surface area contributed by atoms with Crippen LogP contribution in [0.1, 0.15) is 39.3 Å². The van der Waals surface area contributed by atoms with Gasteiger partial charge in [-0.25, -0.2) is 9.78 Å². The average molecular weight is 562 g/mol. The van der Waals surface area contributed by atoms with Crippen LogP contribution < -0.4 is 15.0 Å². The number of nitrogens with one attached hydrogen (secondary N) is 1. The van der Waals surface area contributed by atoms with Crippen LogP contribution in [0.25, 0.3) is 22.1 Å². The van der Waals surface area contributed by atoms with Crippen LogP contribution in [0.3, 0.4) is 0 Å². The number of hydrogen-bond donors (Lipinski definition) is 2. The zero-order valence-electron chi connectivity index (χ0n) is 23.2. The summed E-state index contributed by atoms with van der Waals surface area (Å²) in [6, 6.07) is 26.6. The number of nitrogens with zero attached hydrogens (tertiary/aromatic N) is 2. The second-order valence-electron chi connectivity index (χ2n) is 10.5. The largest absolute Gasteiger partial charge is 0.492 e. The van der Waals surface area contributed by atoms with Crippen molar-refractivity contribution in [1.82, 2.24) is 4.98 Å². The molecule has 0 saturated carbocycles. The molecular formula is C34H31N3O5. The van der Waals surface area contributed by atoms with Crippen molar-refractivity contribution in [3.05, 3.63) is 108 Å². The zero-order valence-corrected chi connectivity index (χ0v) is 23.2. The number of amides is 1. The molecule has 0 spiro atoms. The molecule has 2 aromatic heterocycles. The van der Waals surface area contributed by atoms with Crippen LogP contribution in [0.2, 0.25) is 0 Å². The van der Waals surface area contributed by atoms with Gasteiger partial charge in [0.2, 0.25) is 0 Å². The molecule has 1 saturated heterocycles. The number of anilines is 2. The first-order valence-electron chi connectivity index (χ1n) is 14.0. The summed E-state index contributed by atoms with van der Waals surface area (Å²) in [4.78, 5) is 31.3. The molecular weight excluding hydrogens is 530 g/mol. The summed E-state index contributed by atoms with van der Waals surface area (Å²) in [7, 11) is 0. The predicted octanol–water partition coefficient (Wildman–Crippen LogP) is 7.05. The van der Waals surface area contributed by atoms with Crippen molar-refractivity contribution in [2.75, 3.05) is 29.9 Å². The van der Waals surface area contributed by atoms with Crippen LogP contribution in [0.15, 0.2) is 95.5 Å². The SMILES string of the molecule is Cc1c(C(=O)Nc2ccc(N3CCC(COc4ccccc4C(=O)O)CC3)nc2)oc2ccc(-c3ccccc3)cc12. The first kappa shape index (κ1) is 27.1. The Labute approximate surface area is 243 Å². The van der Waals surface area contributed by atoms with Crippen LogP contribution in [0.4, 0.5) is 11.5 Å². The Kier molecular flexibility index (Phi) is 7.60. The van der Waals surface area contributed by atoms with Crippen molar-refractivity contribution in [2.24, 2.45) is 5.92 Å². The number of aromatic nitrogens is 1. The summed E-state index contributed by atoms with van der Waals surface area (Å²) in [6.45, 7) is 4.01. The van der Waals surface area contributed by atoms with E-state index in [-0.39, 0.29) is 17.2 Å². The number of piperidine rings is 1.